The van der Waals surface area contributed by atoms with E-state index in [1.807, 2.05) is 6.92 Å². The average molecular weight is 179 g/mol. The maximum atomic E-state index is 4.39. The highest BCUT2D eigenvalue weighted by molar-refractivity contribution is 4.94. The Morgan fingerprint density at radius 2 is 2.62 bits per heavy atom. The van der Waals surface area contributed by atoms with Gasteiger partial charge in [-0.05, 0) is 44.8 Å². The smallest absolute Gasteiger partial charge is 0.0593 e. The summed E-state index contributed by atoms with van der Waals surface area (Å²) in [5.41, 5.74) is 1.11. The molecule has 0 saturated carbocycles. The lowest BCUT2D eigenvalue weighted by atomic mass is 10.00. The van der Waals surface area contributed by atoms with Crippen molar-refractivity contribution in [2.75, 3.05) is 13.1 Å². The van der Waals surface area contributed by atoms with E-state index in [0.29, 0.717) is 0 Å². The Morgan fingerprint density at radius 3 is 3.23 bits per heavy atom. The molecule has 1 N–H and O–H groups in total. The quantitative estimate of drug-likeness (QED) is 0.739. The fourth-order valence-corrected chi connectivity index (χ4v) is 1.91. The van der Waals surface area contributed by atoms with Crippen molar-refractivity contribution in [3.63, 3.8) is 0 Å². The number of nitrogens with one attached hydrogen (secondary N) is 1. The van der Waals surface area contributed by atoms with Gasteiger partial charge < -0.3 is 5.32 Å². The molecule has 0 radical (unpaired) electrons. The first-order valence-electron chi connectivity index (χ1n) is 5.05. The van der Waals surface area contributed by atoms with Gasteiger partial charge in [-0.2, -0.15) is 5.10 Å². The molecule has 0 aromatic carbocycles. The van der Waals surface area contributed by atoms with Gasteiger partial charge in [0.15, 0.2) is 0 Å². The lowest BCUT2D eigenvalue weighted by Crippen LogP contribution is -2.32. The Labute approximate surface area is 79.1 Å². The molecule has 0 bridgehead atoms. The minimum atomic E-state index is 0.771. The molecule has 1 fully saturated rings. The van der Waals surface area contributed by atoms with E-state index in [0.717, 1.165) is 24.7 Å². The van der Waals surface area contributed by atoms with E-state index in [4.69, 9.17) is 0 Å². The molecule has 1 atom stereocenters. The molecule has 72 valence electrons. The van der Waals surface area contributed by atoms with Crippen LogP contribution >= 0.6 is 0 Å². The fraction of sp³-hybridized carbons (Fsp3) is 0.700. The number of nitrogens with zero attached hydrogens (tertiary/aromatic N) is 2. The maximum Gasteiger partial charge on any atom is 0.0593 e. The highest BCUT2D eigenvalue weighted by Gasteiger charge is 2.13. The SMILES string of the molecule is Cc1ccn(CC2CCCNC2)n1. The van der Waals surface area contributed by atoms with Gasteiger partial charge in [-0.25, -0.2) is 0 Å². The molecule has 3 nitrogen and oxygen atoms in total. The Kier molecular flexibility index (Phi) is 2.64. The normalized spacial score (nSPS) is 23.3. The first-order chi connectivity index (χ1) is 6.34. The van der Waals surface area contributed by atoms with Crippen LogP contribution in [-0.2, 0) is 6.54 Å². The van der Waals surface area contributed by atoms with Gasteiger partial charge in [-0.15, -0.1) is 0 Å². The summed E-state index contributed by atoms with van der Waals surface area (Å²) in [5.74, 6) is 0.771. The van der Waals surface area contributed by atoms with Crippen molar-refractivity contribution in [1.82, 2.24) is 15.1 Å². The van der Waals surface area contributed by atoms with Crippen molar-refractivity contribution in [3.05, 3.63) is 18.0 Å². The molecule has 13 heavy (non-hydrogen) atoms. The van der Waals surface area contributed by atoms with Crippen LogP contribution in [0.2, 0.25) is 0 Å². The van der Waals surface area contributed by atoms with Gasteiger partial charge in [0, 0.05) is 12.7 Å². The first kappa shape index (κ1) is 8.75. The summed E-state index contributed by atoms with van der Waals surface area (Å²) >= 11 is 0. The Morgan fingerprint density at radius 1 is 1.69 bits per heavy atom. The van der Waals surface area contributed by atoms with Crippen molar-refractivity contribution in [1.29, 1.82) is 0 Å². The topological polar surface area (TPSA) is 29.9 Å². The molecule has 0 amide bonds. The second kappa shape index (κ2) is 3.92. The van der Waals surface area contributed by atoms with E-state index in [-0.39, 0.29) is 0 Å². The highest BCUT2D eigenvalue weighted by atomic mass is 15.3. The molecule has 1 unspecified atom stereocenters. The fourth-order valence-electron chi connectivity index (χ4n) is 1.91. The standard InChI is InChI=1S/C10H17N3/c1-9-4-6-13(12-9)8-10-3-2-5-11-7-10/h4,6,10-11H,2-3,5,7-8H2,1H3. The molecule has 0 aliphatic carbocycles. The van der Waals surface area contributed by atoms with Crippen molar-refractivity contribution in [2.45, 2.75) is 26.3 Å². The summed E-state index contributed by atoms with van der Waals surface area (Å²) in [6, 6.07) is 2.07. The third-order valence-electron chi connectivity index (χ3n) is 2.62. The van der Waals surface area contributed by atoms with E-state index < -0.39 is 0 Å². The van der Waals surface area contributed by atoms with E-state index in [2.05, 4.69) is 27.4 Å². The van der Waals surface area contributed by atoms with E-state index in [9.17, 15) is 0 Å². The van der Waals surface area contributed by atoms with Crippen LogP contribution in [0.25, 0.3) is 0 Å². The van der Waals surface area contributed by atoms with E-state index >= 15 is 0 Å². The molecule has 1 aliphatic rings. The molecule has 1 saturated heterocycles. The number of hydrogen-bond donors (Lipinski definition) is 1. The maximum absolute atomic E-state index is 4.39. The number of aryl methyl sites for hydroxylation is 1. The Bertz CT molecular complexity index is 261. The summed E-state index contributed by atoms with van der Waals surface area (Å²) < 4.78 is 2.06. The van der Waals surface area contributed by atoms with Crippen LogP contribution < -0.4 is 5.32 Å². The lowest BCUT2D eigenvalue weighted by molar-refractivity contribution is 0.325. The summed E-state index contributed by atoms with van der Waals surface area (Å²) in [7, 11) is 0. The summed E-state index contributed by atoms with van der Waals surface area (Å²) in [5, 5.41) is 7.81. The van der Waals surface area contributed by atoms with E-state index in [1.54, 1.807) is 0 Å². The number of hydrogen-bond acceptors (Lipinski definition) is 2. The zero-order chi connectivity index (χ0) is 9.10. The van der Waals surface area contributed by atoms with Crippen molar-refractivity contribution >= 4 is 0 Å². The summed E-state index contributed by atoms with van der Waals surface area (Å²) in [6.45, 7) is 5.45. The molecular weight excluding hydrogens is 162 g/mol. The second-order valence-electron chi connectivity index (χ2n) is 3.89. The van der Waals surface area contributed by atoms with Crippen LogP contribution in [0.3, 0.4) is 0 Å². The lowest BCUT2D eigenvalue weighted by Gasteiger charge is -2.22. The van der Waals surface area contributed by atoms with Crippen LogP contribution in [0.1, 0.15) is 18.5 Å². The van der Waals surface area contributed by atoms with Crippen LogP contribution in [0.4, 0.5) is 0 Å². The molecule has 1 aliphatic heterocycles. The molecule has 1 aromatic rings. The minimum absolute atomic E-state index is 0.771. The number of rotatable bonds is 2. The highest BCUT2D eigenvalue weighted by Crippen LogP contribution is 2.11. The van der Waals surface area contributed by atoms with Gasteiger partial charge in [-0.1, -0.05) is 0 Å². The molecule has 2 heterocycles. The van der Waals surface area contributed by atoms with Crippen LogP contribution in [0, 0.1) is 12.8 Å². The predicted octanol–water partition coefficient (Wildman–Crippen LogP) is 1.19. The monoisotopic (exact) mass is 179 g/mol. The Balaban J connectivity index is 1.89. The van der Waals surface area contributed by atoms with Crippen LogP contribution in [0.15, 0.2) is 12.3 Å². The zero-order valence-corrected chi connectivity index (χ0v) is 8.16. The molecule has 0 spiro atoms. The number of aromatic nitrogens is 2. The average Bonchev–Trinajstić information content (AvgIpc) is 2.53. The van der Waals surface area contributed by atoms with Gasteiger partial charge in [-0.3, -0.25) is 4.68 Å². The molecule has 3 heteroatoms. The van der Waals surface area contributed by atoms with Crippen molar-refractivity contribution in [3.8, 4) is 0 Å². The van der Waals surface area contributed by atoms with Gasteiger partial charge in [0.2, 0.25) is 0 Å². The largest absolute Gasteiger partial charge is 0.316 e. The summed E-state index contributed by atoms with van der Waals surface area (Å²) in [4.78, 5) is 0. The number of piperidine rings is 1. The van der Waals surface area contributed by atoms with Crippen molar-refractivity contribution in [2.24, 2.45) is 5.92 Å². The summed E-state index contributed by atoms with van der Waals surface area (Å²) in [6.07, 6.45) is 4.72. The molecular formula is C10H17N3. The third-order valence-corrected chi connectivity index (χ3v) is 2.62. The van der Waals surface area contributed by atoms with Gasteiger partial charge in [0.25, 0.3) is 0 Å². The molecule has 2 rings (SSSR count). The van der Waals surface area contributed by atoms with Gasteiger partial charge in [0.05, 0.1) is 5.69 Å². The van der Waals surface area contributed by atoms with Crippen molar-refractivity contribution < 1.29 is 0 Å². The van der Waals surface area contributed by atoms with E-state index in [1.165, 1.54) is 19.4 Å². The first-order valence-corrected chi connectivity index (χ1v) is 5.05. The van der Waals surface area contributed by atoms with Gasteiger partial charge >= 0.3 is 0 Å². The van der Waals surface area contributed by atoms with Gasteiger partial charge in [0.1, 0.15) is 0 Å². The van der Waals surface area contributed by atoms with Crippen LogP contribution in [-0.4, -0.2) is 22.9 Å². The zero-order valence-electron chi connectivity index (χ0n) is 8.16. The third kappa shape index (κ3) is 2.31. The van der Waals surface area contributed by atoms with Crippen LogP contribution in [0.5, 0.6) is 0 Å². The Hall–Kier alpha value is -0.830. The second-order valence-corrected chi connectivity index (χ2v) is 3.89. The molecule has 1 aromatic heterocycles. The minimum Gasteiger partial charge on any atom is -0.316 e. The predicted molar refractivity (Wildman–Crippen MR) is 52.6 cm³/mol.